The Morgan fingerprint density at radius 2 is 2.06 bits per heavy atom. The Bertz CT molecular complexity index is 301. The number of oxime groups is 1. The van der Waals surface area contributed by atoms with Gasteiger partial charge in [0.2, 0.25) is 0 Å². The molecule has 0 amide bonds. The van der Waals surface area contributed by atoms with Gasteiger partial charge in [0.15, 0.2) is 9.84 Å². The highest BCUT2D eigenvalue weighted by atomic mass is 32.2. The maximum absolute atomic E-state index is 11.1. The largest absolute Gasteiger partial charge is 0.409 e. The molecule has 6 nitrogen and oxygen atoms in total. The molecule has 0 unspecified atom stereocenters. The van der Waals surface area contributed by atoms with Crippen molar-refractivity contribution in [1.82, 2.24) is 5.32 Å². The third-order valence-electron chi connectivity index (χ3n) is 2.19. The zero-order valence-electron chi connectivity index (χ0n) is 9.65. The smallest absolute Gasteiger partial charge is 0.151 e. The van der Waals surface area contributed by atoms with Crippen LogP contribution >= 0.6 is 0 Å². The summed E-state index contributed by atoms with van der Waals surface area (Å²) < 4.78 is 22.2. The van der Waals surface area contributed by atoms with Crippen LogP contribution in [0.3, 0.4) is 0 Å². The third kappa shape index (κ3) is 8.49. The summed E-state index contributed by atoms with van der Waals surface area (Å²) in [6.45, 7) is 2.88. The van der Waals surface area contributed by atoms with E-state index in [1.54, 1.807) is 6.92 Å². The molecule has 0 spiro atoms. The summed E-state index contributed by atoms with van der Waals surface area (Å²) in [5, 5.41) is 14.2. The molecule has 0 aromatic heterocycles. The molecule has 16 heavy (non-hydrogen) atoms. The van der Waals surface area contributed by atoms with Crippen molar-refractivity contribution in [2.45, 2.75) is 26.2 Å². The van der Waals surface area contributed by atoms with Gasteiger partial charge in [-0.05, 0) is 19.4 Å². The summed E-state index contributed by atoms with van der Waals surface area (Å²) in [6, 6.07) is 0. The maximum atomic E-state index is 11.1. The Hall–Kier alpha value is -0.820. The minimum absolute atomic E-state index is 0.184. The Morgan fingerprint density at radius 1 is 1.38 bits per heavy atom. The van der Waals surface area contributed by atoms with Crippen molar-refractivity contribution in [3.05, 3.63) is 0 Å². The predicted octanol–water partition coefficient (Wildman–Crippen LogP) is -0.0726. The van der Waals surface area contributed by atoms with Crippen molar-refractivity contribution in [1.29, 1.82) is 0 Å². The lowest BCUT2D eigenvalue weighted by Gasteiger charge is -2.04. The molecule has 0 saturated heterocycles. The Morgan fingerprint density at radius 3 is 2.62 bits per heavy atom. The summed E-state index contributed by atoms with van der Waals surface area (Å²) in [5.41, 5.74) is 5.29. The number of nitrogens with one attached hydrogen (secondary N) is 1. The van der Waals surface area contributed by atoms with E-state index in [-0.39, 0.29) is 17.3 Å². The lowest BCUT2D eigenvalue weighted by atomic mass is 10.2. The number of hydrogen-bond acceptors (Lipinski definition) is 5. The number of sulfone groups is 1. The van der Waals surface area contributed by atoms with E-state index >= 15 is 0 Å². The van der Waals surface area contributed by atoms with Crippen LogP contribution in [0.1, 0.15) is 26.2 Å². The van der Waals surface area contributed by atoms with Gasteiger partial charge in [-0.3, -0.25) is 0 Å². The van der Waals surface area contributed by atoms with Gasteiger partial charge in [0.1, 0.15) is 5.84 Å². The van der Waals surface area contributed by atoms with Crippen LogP contribution in [0.25, 0.3) is 0 Å². The average Bonchev–Trinajstić information content (AvgIpc) is 2.27. The molecule has 0 atom stereocenters. The van der Waals surface area contributed by atoms with Crippen molar-refractivity contribution < 1.29 is 13.6 Å². The van der Waals surface area contributed by atoms with Crippen LogP contribution in [0.4, 0.5) is 0 Å². The second-order valence-corrected chi connectivity index (χ2v) is 6.01. The molecule has 0 rings (SSSR count). The van der Waals surface area contributed by atoms with E-state index in [0.29, 0.717) is 13.0 Å². The molecule has 0 fully saturated rings. The van der Waals surface area contributed by atoms with E-state index in [0.717, 1.165) is 19.4 Å². The van der Waals surface area contributed by atoms with Crippen molar-refractivity contribution in [3.8, 4) is 0 Å². The van der Waals surface area contributed by atoms with Gasteiger partial charge >= 0.3 is 0 Å². The normalized spacial score (nSPS) is 12.9. The molecular formula is C9H21N3O3S. The summed E-state index contributed by atoms with van der Waals surface area (Å²) in [6.07, 6.45) is 2.26. The molecule has 96 valence electrons. The zero-order valence-corrected chi connectivity index (χ0v) is 10.5. The highest BCUT2D eigenvalue weighted by Gasteiger charge is 2.05. The number of nitrogens with two attached hydrogens (primary N) is 1. The standard InChI is InChI=1S/C9H21N3O3S/c1-2-16(14,15)8-7-11-6-4-3-5-9(10)12-13/h11,13H,2-8H2,1H3,(H2,10,12). The molecule has 0 aromatic rings. The highest BCUT2D eigenvalue weighted by molar-refractivity contribution is 7.91. The van der Waals surface area contributed by atoms with Gasteiger partial charge in [-0.1, -0.05) is 12.1 Å². The first kappa shape index (κ1) is 15.2. The number of unbranched alkanes of at least 4 members (excludes halogenated alkanes) is 1. The number of rotatable bonds is 9. The predicted molar refractivity (Wildman–Crippen MR) is 64.5 cm³/mol. The molecule has 0 aromatic carbocycles. The first-order chi connectivity index (χ1) is 7.52. The molecule has 0 aliphatic heterocycles. The average molecular weight is 251 g/mol. The first-order valence-electron chi connectivity index (χ1n) is 5.39. The molecule has 0 radical (unpaired) electrons. The molecule has 4 N–H and O–H groups in total. The Balaban J connectivity index is 3.35. The molecule has 0 aliphatic carbocycles. The van der Waals surface area contributed by atoms with Crippen molar-refractivity contribution in [3.63, 3.8) is 0 Å². The zero-order chi connectivity index (χ0) is 12.4. The first-order valence-corrected chi connectivity index (χ1v) is 7.21. The highest BCUT2D eigenvalue weighted by Crippen LogP contribution is 1.94. The van der Waals surface area contributed by atoms with E-state index in [1.807, 2.05) is 0 Å². The minimum atomic E-state index is -2.86. The molecule has 0 saturated carbocycles. The second kappa shape index (κ2) is 8.35. The van der Waals surface area contributed by atoms with Gasteiger partial charge in [-0.25, -0.2) is 8.42 Å². The van der Waals surface area contributed by atoms with Gasteiger partial charge in [-0.2, -0.15) is 0 Å². The van der Waals surface area contributed by atoms with Crippen molar-refractivity contribution in [2.24, 2.45) is 10.9 Å². The van der Waals surface area contributed by atoms with Crippen molar-refractivity contribution in [2.75, 3.05) is 24.6 Å². The third-order valence-corrected chi connectivity index (χ3v) is 3.90. The summed E-state index contributed by atoms with van der Waals surface area (Å²) in [5.74, 6) is 0.607. The fourth-order valence-electron chi connectivity index (χ4n) is 1.10. The van der Waals surface area contributed by atoms with E-state index < -0.39 is 9.84 Å². The quantitative estimate of drug-likeness (QED) is 0.175. The van der Waals surface area contributed by atoms with Crippen molar-refractivity contribution >= 4 is 15.7 Å². The minimum Gasteiger partial charge on any atom is -0.409 e. The van der Waals surface area contributed by atoms with Crippen LogP contribution in [0.15, 0.2) is 5.16 Å². The van der Waals surface area contributed by atoms with Gasteiger partial charge in [-0.15, -0.1) is 0 Å². The van der Waals surface area contributed by atoms with E-state index in [9.17, 15) is 8.42 Å². The van der Waals surface area contributed by atoms with Crippen LogP contribution in [0.2, 0.25) is 0 Å². The van der Waals surface area contributed by atoms with Crippen LogP contribution in [0, 0.1) is 0 Å². The number of amidine groups is 1. The van der Waals surface area contributed by atoms with Crippen LogP contribution in [-0.2, 0) is 9.84 Å². The molecular weight excluding hydrogens is 230 g/mol. The Kier molecular flexibility index (Phi) is 7.92. The molecule has 0 aliphatic rings. The van der Waals surface area contributed by atoms with Crippen LogP contribution in [-0.4, -0.2) is 44.1 Å². The SMILES string of the molecule is CCS(=O)(=O)CCNCCCCC(N)=NO. The monoisotopic (exact) mass is 251 g/mol. The molecule has 0 heterocycles. The fraction of sp³-hybridized carbons (Fsp3) is 0.889. The van der Waals surface area contributed by atoms with Gasteiger partial charge in [0.25, 0.3) is 0 Å². The van der Waals surface area contributed by atoms with Gasteiger partial charge < -0.3 is 16.3 Å². The summed E-state index contributed by atoms with van der Waals surface area (Å²) in [4.78, 5) is 0. The summed E-state index contributed by atoms with van der Waals surface area (Å²) >= 11 is 0. The topological polar surface area (TPSA) is 105 Å². The van der Waals surface area contributed by atoms with E-state index in [2.05, 4.69) is 10.5 Å². The lowest BCUT2D eigenvalue weighted by Crippen LogP contribution is -2.25. The fourth-order valence-corrected chi connectivity index (χ4v) is 1.85. The molecule has 0 bridgehead atoms. The summed E-state index contributed by atoms with van der Waals surface area (Å²) in [7, 11) is -2.86. The molecule has 7 heteroatoms. The second-order valence-electron chi connectivity index (χ2n) is 3.53. The van der Waals surface area contributed by atoms with Gasteiger partial charge in [0, 0.05) is 18.7 Å². The van der Waals surface area contributed by atoms with Gasteiger partial charge in [0.05, 0.1) is 5.75 Å². The van der Waals surface area contributed by atoms with Crippen LogP contribution < -0.4 is 11.1 Å². The maximum Gasteiger partial charge on any atom is 0.151 e. The Labute approximate surface area is 96.8 Å². The van der Waals surface area contributed by atoms with E-state index in [1.165, 1.54) is 0 Å². The van der Waals surface area contributed by atoms with E-state index in [4.69, 9.17) is 10.9 Å². The number of nitrogens with zero attached hydrogens (tertiary/aromatic N) is 1. The number of hydrogen-bond donors (Lipinski definition) is 3. The lowest BCUT2D eigenvalue weighted by molar-refractivity contribution is 0.316. The van der Waals surface area contributed by atoms with Crippen LogP contribution in [0.5, 0.6) is 0 Å².